The Morgan fingerprint density at radius 3 is 2.57 bits per heavy atom. The summed E-state index contributed by atoms with van der Waals surface area (Å²) < 4.78 is 6.87. The van der Waals surface area contributed by atoms with Crippen LogP contribution < -0.4 is 0 Å². The highest BCUT2D eigenvalue weighted by Crippen LogP contribution is 2.18. The topological polar surface area (TPSA) is 84.7 Å². The van der Waals surface area contributed by atoms with E-state index in [2.05, 4.69) is 5.10 Å². The third-order valence-electron chi connectivity index (χ3n) is 5.30. The maximum Gasteiger partial charge on any atom is 0.310 e. The molecule has 3 rings (SSSR count). The highest BCUT2D eigenvalue weighted by Gasteiger charge is 2.30. The van der Waals surface area contributed by atoms with E-state index in [0.717, 1.165) is 24.2 Å². The van der Waals surface area contributed by atoms with Crippen LogP contribution >= 0.6 is 0 Å². The van der Waals surface area contributed by atoms with Gasteiger partial charge in [0.1, 0.15) is 0 Å². The van der Waals surface area contributed by atoms with E-state index in [1.807, 2.05) is 25.1 Å². The van der Waals surface area contributed by atoms with Crippen molar-refractivity contribution in [3.05, 3.63) is 47.8 Å². The fourth-order valence-corrected chi connectivity index (χ4v) is 3.64. The van der Waals surface area contributed by atoms with Crippen molar-refractivity contribution in [2.24, 2.45) is 5.92 Å². The van der Waals surface area contributed by atoms with E-state index in [1.165, 1.54) is 4.90 Å². The van der Waals surface area contributed by atoms with E-state index < -0.39 is 0 Å². The molecule has 1 aromatic carbocycles. The Balaban J connectivity index is 1.59. The van der Waals surface area contributed by atoms with Gasteiger partial charge in [-0.15, -0.1) is 0 Å². The molecule has 8 heteroatoms. The zero-order valence-electron chi connectivity index (χ0n) is 17.7. The Kier molecular flexibility index (Phi) is 6.87. The van der Waals surface area contributed by atoms with Crippen molar-refractivity contribution < 1.29 is 19.1 Å². The summed E-state index contributed by atoms with van der Waals surface area (Å²) in [5, 5.41) is 4.26. The van der Waals surface area contributed by atoms with Crippen molar-refractivity contribution in [2.75, 3.05) is 33.3 Å². The van der Waals surface area contributed by atoms with Crippen LogP contribution in [0.5, 0.6) is 0 Å². The van der Waals surface area contributed by atoms with Crippen LogP contribution in [0.25, 0.3) is 5.69 Å². The lowest BCUT2D eigenvalue weighted by Crippen LogP contribution is -2.47. The monoisotopic (exact) mass is 412 g/mol. The number of benzene rings is 1. The number of piperidine rings is 1. The lowest BCUT2D eigenvalue weighted by molar-refractivity contribution is -0.151. The summed E-state index contributed by atoms with van der Waals surface area (Å²) in [6.45, 7) is 4.96. The predicted octanol–water partition coefficient (Wildman–Crippen LogP) is 2.05. The first kappa shape index (κ1) is 21.5. The molecule has 0 saturated carbocycles. The third kappa shape index (κ3) is 4.87. The van der Waals surface area contributed by atoms with Gasteiger partial charge in [0.25, 0.3) is 5.91 Å². The SMILES string of the molecule is CCOC(=O)C1CCCN(C(=O)CN(C)C(=O)c2ccc(-n3nccc3C)cc2)C1. The van der Waals surface area contributed by atoms with Gasteiger partial charge in [0.15, 0.2) is 0 Å². The maximum atomic E-state index is 12.7. The number of rotatable bonds is 6. The summed E-state index contributed by atoms with van der Waals surface area (Å²) in [6, 6.07) is 9.04. The maximum absolute atomic E-state index is 12.7. The second-order valence-corrected chi connectivity index (χ2v) is 7.52. The Morgan fingerprint density at radius 1 is 1.20 bits per heavy atom. The van der Waals surface area contributed by atoms with E-state index in [-0.39, 0.29) is 30.2 Å². The molecule has 8 nitrogen and oxygen atoms in total. The largest absolute Gasteiger partial charge is 0.466 e. The zero-order chi connectivity index (χ0) is 21.7. The fourth-order valence-electron chi connectivity index (χ4n) is 3.64. The molecular weight excluding hydrogens is 384 g/mol. The highest BCUT2D eigenvalue weighted by molar-refractivity contribution is 5.96. The smallest absolute Gasteiger partial charge is 0.310 e. The summed E-state index contributed by atoms with van der Waals surface area (Å²) in [5.74, 6) is -0.941. The molecule has 1 aliphatic rings. The van der Waals surface area contributed by atoms with E-state index >= 15 is 0 Å². The van der Waals surface area contributed by atoms with Gasteiger partial charge in [0.05, 0.1) is 24.8 Å². The molecule has 1 unspecified atom stereocenters. The standard InChI is InChI=1S/C22H28N4O4/c1-4-30-22(29)18-6-5-13-25(14-18)20(27)15-24(3)21(28)17-7-9-19(10-8-17)26-16(2)11-12-23-26/h7-12,18H,4-6,13-15H2,1-3H3. The first-order valence-electron chi connectivity index (χ1n) is 10.2. The first-order valence-corrected chi connectivity index (χ1v) is 10.2. The summed E-state index contributed by atoms with van der Waals surface area (Å²) in [5.41, 5.74) is 2.37. The van der Waals surface area contributed by atoms with Crippen molar-refractivity contribution in [3.63, 3.8) is 0 Å². The van der Waals surface area contributed by atoms with Crippen LogP contribution in [0, 0.1) is 12.8 Å². The molecule has 1 aromatic heterocycles. The van der Waals surface area contributed by atoms with Gasteiger partial charge >= 0.3 is 5.97 Å². The van der Waals surface area contributed by atoms with Gasteiger partial charge in [-0.25, -0.2) is 4.68 Å². The molecule has 160 valence electrons. The molecule has 2 heterocycles. The summed E-state index contributed by atoms with van der Waals surface area (Å²) in [6.07, 6.45) is 3.20. The van der Waals surface area contributed by atoms with Crippen molar-refractivity contribution >= 4 is 17.8 Å². The minimum absolute atomic E-state index is 0.0333. The molecule has 0 N–H and O–H groups in total. The van der Waals surface area contributed by atoms with Gasteiger partial charge in [-0.3, -0.25) is 14.4 Å². The number of esters is 1. The third-order valence-corrected chi connectivity index (χ3v) is 5.30. The summed E-state index contributed by atoms with van der Waals surface area (Å²) >= 11 is 0. The van der Waals surface area contributed by atoms with Crippen LogP contribution in [0.4, 0.5) is 0 Å². The first-order chi connectivity index (χ1) is 14.4. The summed E-state index contributed by atoms with van der Waals surface area (Å²) in [4.78, 5) is 40.5. The average molecular weight is 412 g/mol. The van der Waals surface area contributed by atoms with Crippen molar-refractivity contribution in [2.45, 2.75) is 26.7 Å². The van der Waals surface area contributed by atoms with Gasteiger partial charge in [0.2, 0.25) is 5.91 Å². The van der Waals surface area contributed by atoms with Crippen LogP contribution in [0.3, 0.4) is 0 Å². The molecule has 0 bridgehead atoms. The van der Waals surface area contributed by atoms with Gasteiger partial charge in [-0.2, -0.15) is 5.10 Å². The number of hydrogen-bond acceptors (Lipinski definition) is 5. The number of hydrogen-bond donors (Lipinski definition) is 0. The molecule has 1 fully saturated rings. The number of aromatic nitrogens is 2. The lowest BCUT2D eigenvalue weighted by atomic mass is 9.98. The van der Waals surface area contributed by atoms with Gasteiger partial charge < -0.3 is 14.5 Å². The van der Waals surface area contributed by atoms with E-state index in [0.29, 0.717) is 25.3 Å². The zero-order valence-corrected chi connectivity index (χ0v) is 17.7. The number of amides is 2. The minimum Gasteiger partial charge on any atom is -0.466 e. The number of ether oxygens (including phenoxy) is 1. The minimum atomic E-state index is -0.290. The van der Waals surface area contributed by atoms with Crippen LogP contribution in [0.15, 0.2) is 36.5 Å². The number of carbonyl (C=O) groups excluding carboxylic acids is 3. The quantitative estimate of drug-likeness (QED) is 0.678. The number of nitrogens with zero attached hydrogens (tertiary/aromatic N) is 4. The highest BCUT2D eigenvalue weighted by atomic mass is 16.5. The van der Waals surface area contributed by atoms with Gasteiger partial charge in [-0.1, -0.05) is 0 Å². The second-order valence-electron chi connectivity index (χ2n) is 7.52. The molecule has 2 amide bonds. The number of likely N-dealkylation sites (N-methyl/N-ethyl adjacent to an activating group) is 1. The van der Waals surface area contributed by atoms with E-state index in [9.17, 15) is 14.4 Å². The number of aryl methyl sites for hydroxylation is 1. The molecular formula is C22H28N4O4. The van der Waals surface area contributed by atoms with Gasteiger partial charge in [0, 0.05) is 37.6 Å². The summed E-state index contributed by atoms with van der Waals surface area (Å²) in [7, 11) is 1.61. The van der Waals surface area contributed by atoms with Crippen LogP contribution in [-0.2, 0) is 14.3 Å². The van der Waals surface area contributed by atoms with Crippen LogP contribution in [0.2, 0.25) is 0 Å². The molecule has 1 aliphatic heterocycles. The fraction of sp³-hybridized carbons (Fsp3) is 0.455. The van der Waals surface area contributed by atoms with Gasteiger partial charge in [-0.05, 0) is 57.0 Å². The lowest BCUT2D eigenvalue weighted by Gasteiger charge is -2.32. The van der Waals surface area contributed by atoms with E-state index in [1.54, 1.807) is 41.9 Å². The molecule has 30 heavy (non-hydrogen) atoms. The molecule has 0 spiro atoms. The van der Waals surface area contributed by atoms with Crippen molar-refractivity contribution in [3.8, 4) is 5.69 Å². The van der Waals surface area contributed by atoms with Crippen molar-refractivity contribution in [1.29, 1.82) is 0 Å². The van der Waals surface area contributed by atoms with Crippen LogP contribution in [0.1, 0.15) is 35.8 Å². The molecule has 1 atom stereocenters. The van der Waals surface area contributed by atoms with Crippen molar-refractivity contribution in [1.82, 2.24) is 19.6 Å². The normalized spacial score (nSPS) is 16.2. The number of likely N-dealkylation sites (tertiary alicyclic amines) is 1. The second kappa shape index (κ2) is 9.56. The molecule has 0 aliphatic carbocycles. The Bertz CT molecular complexity index is 906. The Labute approximate surface area is 176 Å². The predicted molar refractivity (Wildman–Crippen MR) is 111 cm³/mol. The van der Waals surface area contributed by atoms with Crippen LogP contribution in [-0.4, -0.2) is 70.7 Å². The average Bonchev–Trinajstić information content (AvgIpc) is 3.19. The van der Waals surface area contributed by atoms with E-state index in [4.69, 9.17) is 4.74 Å². The molecule has 2 aromatic rings. The molecule has 0 radical (unpaired) electrons. The number of carbonyl (C=O) groups is 3. The molecule has 1 saturated heterocycles. The Hall–Kier alpha value is -3.16. The Morgan fingerprint density at radius 2 is 1.93 bits per heavy atom.